The first kappa shape index (κ1) is 11.0. The van der Waals surface area contributed by atoms with Gasteiger partial charge in [0.05, 0.1) is 0 Å². The molecule has 0 bridgehead atoms. The van der Waals surface area contributed by atoms with Crippen LogP contribution in [0.1, 0.15) is 32.1 Å². The average molecular weight is 198 g/mol. The molecule has 80 valence electrons. The fraction of sp³-hybridized carbons (Fsp3) is 0.800. The molecule has 0 spiro atoms. The molecule has 1 N–H and O–H groups in total. The van der Waals surface area contributed by atoms with E-state index >= 15 is 0 Å². The molecule has 1 aliphatic rings. The number of carbonyl (C=O) groups excluding carboxylic acids is 2. The van der Waals surface area contributed by atoms with Gasteiger partial charge >= 0.3 is 0 Å². The number of carbonyl (C=O) groups is 2. The highest BCUT2D eigenvalue weighted by Gasteiger charge is 2.15. The summed E-state index contributed by atoms with van der Waals surface area (Å²) in [5.74, 6) is 0.234. The number of rotatable bonds is 5. The minimum Gasteiger partial charge on any atom is -0.359 e. The molecule has 0 atom stereocenters. The van der Waals surface area contributed by atoms with Gasteiger partial charge in [0.25, 0.3) is 0 Å². The monoisotopic (exact) mass is 198 g/mol. The lowest BCUT2D eigenvalue weighted by molar-refractivity contribution is -0.132. The predicted molar refractivity (Wildman–Crippen MR) is 53.7 cm³/mol. The van der Waals surface area contributed by atoms with E-state index in [9.17, 15) is 9.59 Å². The zero-order chi connectivity index (χ0) is 10.2. The van der Waals surface area contributed by atoms with E-state index in [2.05, 4.69) is 5.32 Å². The molecule has 0 aliphatic carbocycles. The molecule has 0 aromatic carbocycles. The number of hydrogen-bond donors (Lipinski definition) is 1. The second-order valence-electron chi connectivity index (χ2n) is 3.62. The van der Waals surface area contributed by atoms with Gasteiger partial charge in [-0.25, -0.2) is 0 Å². The normalized spacial score (nSPS) is 16.4. The minimum atomic E-state index is 0.234. The molecule has 1 heterocycles. The minimum absolute atomic E-state index is 0.234. The summed E-state index contributed by atoms with van der Waals surface area (Å²) >= 11 is 0. The van der Waals surface area contributed by atoms with E-state index in [0.717, 1.165) is 32.4 Å². The number of piperidine rings is 1. The largest absolute Gasteiger partial charge is 0.359 e. The van der Waals surface area contributed by atoms with E-state index < -0.39 is 0 Å². The Balaban J connectivity index is 2.10. The molecule has 4 heteroatoms. The molecule has 0 aromatic heterocycles. The van der Waals surface area contributed by atoms with Gasteiger partial charge in [0.2, 0.25) is 12.3 Å². The van der Waals surface area contributed by atoms with Gasteiger partial charge in [-0.1, -0.05) is 0 Å². The molecule has 0 unspecified atom stereocenters. The number of likely N-dealkylation sites (tertiary alicyclic amines) is 1. The molecule has 1 saturated heterocycles. The summed E-state index contributed by atoms with van der Waals surface area (Å²) in [6.07, 6.45) is 5.49. The molecule has 1 rings (SSSR count). The van der Waals surface area contributed by atoms with Crippen molar-refractivity contribution in [3.63, 3.8) is 0 Å². The van der Waals surface area contributed by atoms with E-state index in [1.54, 1.807) is 0 Å². The quantitative estimate of drug-likeness (QED) is 0.517. The van der Waals surface area contributed by atoms with E-state index in [-0.39, 0.29) is 5.91 Å². The van der Waals surface area contributed by atoms with Crippen molar-refractivity contribution < 1.29 is 9.59 Å². The van der Waals surface area contributed by atoms with Crippen LogP contribution in [0.5, 0.6) is 0 Å². The zero-order valence-electron chi connectivity index (χ0n) is 8.50. The van der Waals surface area contributed by atoms with Crippen LogP contribution < -0.4 is 5.32 Å². The van der Waals surface area contributed by atoms with Crippen LogP contribution in [0.25, 0.3) is 0 Å². The average Bonchev–Trinajstić information content (AvgIpc) is 2.25. The molecule has 1 fully saturated rings. The summed E-state index contributed by atoms with van der Waals surface area (Å²) in [4.78, 5) is 23.5. The predicted octanol–water partition coefficient (Wildman–Crippen LogP) is 0.525. The van der Waals surface area contributed by atoms with Crippen LogP contribution in [0.15, 0.2) is 0 Å². The Morgan fingerprint density at radius 1 is 1.29 bits per heavy atom. The van der Waals surface area contributed by atoms with Crippen molar-refractivity contribution in [3.8, 4) is 0 Å². The molecule has 0 saturated carbocycles. The van der Waals surface area contributed by atoms with Gasteiger partial charge in [0, 0.05) is 26.1 Å². The maximum absolute atomic E-state index is 11.6. The fourth-order valence-corrected chi connectivity index (χ4v) is 1.70. The van der Waals surface area contributed by atoms with Crippen molar-refractivity contribution in [2.45, 2.75) is 32.1 Å². The third kappa shape index (κ3) is 3.77. The topological polar surface area (TPSA) is 49.4 Å². The third-order valence-corrected chi connectivity index (χ3v) is 2.50. The molecule has 4 nitrogen and oxygen atoms in total. The second kappa shape index (κ2) is 6.40. The van der Waals surface area contributed by atoms with Crippen molar-refractivity contribution in [3.05, 3.63) is 0 Å². The van der Waals surface area contributed by atoms with Crippen LogP contribution in [-0.2, 0) is 9.59 Å². The zero-order valence-corrected chi connectivity index (χ0v) is 8.50. The highest BCUT2D eigenvalue weighted by atomic mass is 16.2. The Morgan fingerprint density at radius 2 is 2.00 bits per heavy atom. The van der Waals surface area contributed by atoms with Crippen molar-refractivity contribution >= 4 is 12.3 Å². The van der Waals surface area contributed by atoms with Gasteiger partial charge in [-0.3, -0.25) is 9.59 Å². The van der Waals surface area contributed by atoms with Crippen LogP contribution in [0.2, 0.25) is 0 Å². The second-order valence-corrected chi connectivity index (χ2v) is 3.62. The fourth-order valence-electron chi connectivity index (χ4n) is 1.70. The smallest absolute Gasteiger partial charge is 0.222 e. The lowest BCUT2D eigenvalue weighted by Crippen LogP contribution is -2.35. The highest BCUT2D eigenvalue weighted by Crippen LogP contribution is 2.10. The number of nitrogens with zero attached hydrogens (tertiary/aromatic N) is 1. The Bertz CT molecular complexity index is 189. The number of amides is 2. The van der Waals surface area contributed by atoms with Gasteiger partial charge in [-0.15, -0.1) is 0 Å². The van der Waals surface area contributed by atoms with E-state index in [1.807, 2.05) is 4.90 Å². The molecular weight excluding hydrogens is 180 g/mol. The van der Waals surface area contributed by atoms with Crippen LogP contribution >= 0.6 is 0 Å². The summed E-state index contributed by atoms with van der Waals surface area (Å²) in [6, 6.07) is 0. The Hall–Kier alpha value is -1.06. The van der Waals surface area contributed by atoms with Crippen molar-refractivity contribution in [1.82, 2.24) is 10.2 Å². The molecular formula is C10H18N2O2. The van der Waals surface area contributed by atoms with Crippen LogP contribution in [0.3, 0.4) is 0 Å². The van der Waals surface area contributed by atoms with Crippen LogP contribution in [-0.4, -0.2) is 36.9 Å². The van der Waals surface area contributed by atoms with Gasteiger partial charge in [0.1, 0.15) is 0 Å². The van der Waals surface area contributed by atoms with Crippen molar-refractivity contribution in [2.75, 3.05) is 19.6 Å². The van der Waals surface area contributed by atoms with Gasteiger partial charge < -0.3 is 10.2 Å². The summed E-state index contributed by atoms with van der Waals surface area (Å²) in [6.45, 7) is 2.43. The van der Waals surface area contributed by atoms with E-state index in [0.29, 0.717) is 19.4 Å². The number of nitrogens with one attached hydrogen (secondary N) is 1. The summed E-state index contributed by atoms with van der Waals surface area (Å²) < 4.78 is 0. The Kier molecular flexibility index (Phi) is 5.04. The third-order valence-electron chi connectivity index (χ3n) is 2.50. The van der Waals surface area contributed by atoms with Gasteiger partial charge in [-0.2, -0.15) is 0 Å². The Morgan fingerprint density at radius 3 is 2.64 bits per heavy atom. The van der Waals surface area contributed by atoms with Crippen LogP contribution in [0.4, 0.5) is 0 Å². The summed E-state index contributed by atoms with van der Waals surface area (Å²) in [5, 5.41) is 2.56. The van der Waals surface area contributed by atoms with Crippen LogP contribution in [0, 0.1) is 0 Å². The Labute approximate surface area is 84.7 Å². The lowest BCUT2D eigenvalue weighted by atomic mass is 10.1. The molecule has 0 radical (unpaired) electrons. The first-order valence-electron chi connectivity index (χ1n) is 5.29. The van der Waals surface area contributed by atoms with Crippen molar-refractivity contribution in [2.24, 2.45) is 0 Å². The van der Waals surface area contributed by atoms with Gasteiger partial charge in [-0.05, 0) is 25.7 Å². The molecule has 0 aromatic rings. The van der Waals surface area contributed by atoms with E-state index in [1.165, 1.54) is 6.42 Å². The van der Waals surface area contributed by atoms with Gasteiger partial charge in [0.15, 0.2) is 0 Å². The molecule has 14 heavy (non-hydrogen) atoms. The maximum atomic E-state index is 11.6. The number of hydrogen-bond acceptors (Lipinski definition) is 2. The maximum Gasteiger partial charge on any atom is 0.222 e. The summed E-state index contributed by atoms with van der Waals surface area (Å²) in [5.41, 5.74) is 0. The first-order valence-corrected chi connectivity index (χ1v) is 5.29. The van der Waals surface area contributed by atoms with Crippen molar-refractivity contribution in [1.29, 1.82) is 0 Å². The highest BCUT2D eigenvalue weighted by molar-refractivity contribution is 5.76. The SMILES string of the molecule is O=CNCCCC(=O)N1CCCCC1. The summed E-state index contributed by atoms with van der Waals surface area (Å²) in [7, 11) is 0. The van der Waals surface area contributed by atoms with E-state index in [4.69, 9.17) is 0 Å². The standard InChI is InChI=1S/C10H18N2O2/c13-9-11-6-4-5-10(14)12-7-2-1-3-8-12/h9H,1-8H2,(H,11,13). The lowest BCUT2D eigenvalue weighted by Gasteiger charge is -2.26. The first-order chi connectivity index (χ1) is 6.84. The molecule has 2 amide bonds. The molecule has 1 aliphatic heterocycles.